The van der Waals surface area contributed by atoms with Crippen molar-refractivity contribution in [1.29, 1.82) is 0 Å². The summed E-state index contributed by atoms with van der Waals surface area (Å²) in [6, 6.07) is 38.6. The molecule has 0 radical (unpaired) electrons. The largest absolute Gasteiger partial charge is 0.441 e. The van der Waals surface area contributed by atoms with E-state index in [1.807, 2.05) is 121 Å². The maximum absolute atomic E-state index is 13.0. The van der Waals surface area contributed by atoms with Crippen LogP contribution in [0.15, 0.2) is 121 Å². The van der Waals surface area contributed by atoms with Crippen LogP contribution in [-0.4, -0.2) is 99.0 Å². The lowest BCUT2D eigenvalue weighted by atomic mass is 10.2. The number of nitrogens with one attached hydrogen (secondary N) is 2. The lowest BCUT2D eigenvalue weighted by molar-refractivity contribution is -0.133. The molecule has 4 aromatic rings. The van der Waals surface area contributed by atoms with Gasteiger partial charge in [0.15, 0.2) is 12.2 Å². The second-order valence-corrected chi connectivity index (χ2v) is 13.3. The second kappa shape index (κ2) is 26.5. The highest BCUT2D eigenvalue weighted by Crippen LogP contribution is 2.08. The Morgan fingerprint density at radius 3 is 1.11 bits per heavy atom. The quantitative estimate of drug-likeness (QED) is 0.0729. The van der Waals surface area contributed by atoms with Gasteiger partial charge in [0.2, 0.25) is 5.91 Å². The van der Waals surface area contributed by atoms with Crippen molar-refractivity contribution in [2.75, 3.05) is 52.6 Å². The van der Waals surface area contributed by atoms with Gasteiger partial charge in [-0.15, -0.1) is 0 Å². The fourth-order valence-corrected chi connectivity index (χ4v) is 5.48. The molecule has 0 aliphatic carbocycles. The number of benzene rings is 4. The number of hydrogen-bond donors (Lipinski definition) is 3. The first-order valence-electron chi connectivity index (χ1n) is 19.2. The first-order chi connectivity index (χ1) is 27.8. The number of carbonyl (C=O) groups is 3. The molecular formula is C44H55N3O10. The highest BCUT2D eigenvalue weighted by atomic mass is 16.6. The minimum Gasteiger partial charge on any atom is -0.441 e. The molecule has 0 spiro atoms. The zero-order valence-corrected chi connectivity index (χ0v) is 32.5. The van der Waals surface area contributed by atoms with E-state index in [9.17, 15) is 19.5 Å². The van der Waals surface area contributed by atoms with Crippen LogP contribution in [0.5, 0.6) is 0 Å². The molecule has 0 fully saturated rings. The van der Waals surface area contributed by atoms with E-state index in [1.54, 1.807) is 0 Å². The number of alkyl carbamates (subject to hydrolysis) is 2. The van der Waals surface area contributed by atoms with Gasteiger partial charge in [0, 0.05) is 26.2 Å². The number of ether oxygens (including phenoxy) is 6. The Morgan fingerprint density at radius 1 is 0.526 bits per heavy atom. The third kappa shape index (κ3) is 19.4. The molecule has 0 saturated heterocycles. The van der Waals surface area contributed by atoms with E-state index in [4.69, 9.17) is 28.4 Å². The maximum atomic E-state index is 13.0. The van der Waals surface area contributed by atoms with Gasteiger partial charge in [0.05, 0.1) is 65.4 Å². The van der Waals surface area contributed by atoms with Gasteiger partial charge in [-0.05, 0) is 29.2 Å². The average Bonchev–Trinajstić information content (AvgIpc) is 3.21. The first-order valence-corrected chi connectivity index (χ1v) is 19.2. The van der Waals surface area contributed by atoms with Crippen molar-refractivity contribution in [3.8, 4) is 0 Å². The Morgan fingerprint density at radius 2 is 0.825 bits per heavy atom. The number of aliphatic hydroxyl groups excluding tert-OH is 1. The number of carbonyl (C=O) groups excluding carboxylic acids is 3. The van der Waals surface area contributed by atoms with Crippen LogP contribution in [0.25, 0.3) is 0 Å². The highest BCUT2D eigenvalue weighted by molar-refractivity contribution is 5.77. The van der Waals surface area contributed by atoms with Gasteiger partial charge >= 0.3 is 12.2 Å². The molecule has 3 amide bonds. The molecule has 13 heteroatoms. The van der Waals surface area contributed by atoms with Crippen LogP contribution >= 0.6 is 0 Å². The summed E-state index contributed by atoms with van der Waals surface area (Å²) in [7, 11) is 0. The van der Waals surface area contributed by atoms with Gasteiger partial charge in [-0.2, -0.15) is 0 Å². The van der Waals surface area contributed by atoms with E-state index < -0.39 is 30.5 Å². The summed E-state index contributed by atoms with van der Waals surface area (Å²) in [6.45, 7) is 3.61. The maximum Gasteiger partial charge on any atom is 0.407 e. The Bertz CT molecular complexity index is 1480. The molecule has 1 unspecified atom stereocenters. The van der Waals surface area contributed by atoms with Crippen LogP contribution in [0.4, 0.5) is 9.59 Å². The molecule has 306 valence electrons. The van der Waals surface area contributed by atoms with Crippen LogP contribution < -0.4 is 10.6 Å². The van der Waals surface area contributed by atoms with Crippen molar-refractivity contribution in [2.45, 2.75) is 58.1 Å². The smallest absolute Gasteiger partial charge is 0.407 e. The molecule has 0 saturated carbocycles. The van der Waals surface area contributed by atoms with Crippen molar-refractivity contribution < 1.29 is 47.9 Å². The molecule has 0 aliphatic rings. The predicted octanol–water partition coefficient (Wildman–Crippen LogP) is 5.64. The molecule has 0 heterocycles. The normalized spacial score (nSPS) is 11.6. The zero-order valence-electron chi connectivity index (χ0n) is 32.5. The molecule has 1 atom stereocenters. The lowest BCUT2D eigenvalue weighted by Gasteiger charge is -2.24. The molecular weight excluding hydrogens is 730 g/mol. The van der Waals surface area contributed by atoms with E-state index in [0.29, 0.717) is 26.4 Å². The van der Waals surface area contributed by atoms with Crippen LogP contribution in [-0.2, 0) is 59.6 Å². The van der Waals surface area contributed by atoms with Crippen molar-refractivity contribution in [1.82, 2.24) is 15.5 Å². The van der Waals surface area contributed by atoms with E-state index >= 15 is 0 Å². The zero-order chi connectivity index (χ0) is 40.3. The van der Waals surface area contributed by atoms with Crippen molar-refractivity contribution in [2.24, 2.45) is 0 Å². The van der Waals surface area contributed by atoms with Crippen molar-refractivity contribution >= 4 is 18.1 Å². The van der Waals surface area contributed by atoms with E-state index in [0.717, 1.165) is 22.3 Å². The Balaban J connectivity index is 1.23. The number of aliphatic hydroxyl groups is 1. The van der Waals surface area contributed by atoms with Gasteiger partial charge in [-0.3, -0.25) is 4.79 Å². The first kappa shape index (κ1) is 44.4. The van der Waals surface area contributed by atoms with E-state index in [1.165, 1.54) is 11.8 Å². The lowest BCUT2D eigenvalue weighted by Crippen LogP contribution is -2.44. The summed E-state index contributed by atoms with van der Waals surface area (Å²) < 4.78 is 34.7. The van der Waals surface area contributed by atoms with E-state index in [-0.39, 0.29) is 64.9 Å². The highest BCUT2D eigenvalue weighted by Gasteiger charge is 2.20. The molecule has 4 aromatic carbocycles. The fraction of sp³-hybridized carbons (Fsp3) is 0.386. The summed E-state index contributed by atoms with van der Waals surface area (Å²) in [6.07, 6.45) is -3.81. The third-order valence-electron chi connectivity index (χ3n) is 8.33. The number of amides is 3. The van der Waals surface area contributed by atoms with Gasteiger partial charge in [0.1, 0.15) is 0 Å². The van der Waals surface area contributed by atoms with Crippen LogP contribution in [0.1, 0.15) is 35.6 Å². The van der Waals surface area contributed by atoms with Gasteiger partial charge in [0.25, 0.3) is 0 Å². The standard InChI is InChI=1S/C44H55N3O10/c1-35(48)26-42(49)47(24-22-45-43(50)56-40(31-52-27-36-14-6-2-7-15-36)32-53-28-37-16-8-3-9-17-37)25-23-46-44(51)57-41(33-54-29-38-18-10-4-11-19-38)34-55-30-39-20-12-5-13-21-39/h2-21,35,40-41,48H,22-34H2,1H3,(H,45,50)(H,46,51). The molecule has 3 N–H and O–H groups in total. The Hall–Kier alpha value is -5.31. The topological polar surface area (TPSA) is 154 Å². The van der Waals surface area contributed by atoms with Crippen molar-refractivity contribution in [3.05, 3.63) is 144 Å². The summed E-state index contributed by atoms with van der Waals surface area (Å²) in [4.78, 5) is 40.2. The fourth-order valence-electron chi connectivity index (χ4n) is 5.48. The summed E-state index contributed by atoms with van der Waals surface area (Å²) in [5, 5.41) is 15.3. The Labute approximate surface area is 335 Å². The average molecular weight is 786 g/mol. The third-order valence-corrected chi connectivity index (χ3v) is 8.33. The van der Waals surface area contributed by atoms with E-state index in [2.05, 4.69) is 10.6 Å². The summed E-state index contributed by atoms with van der Waals surface area (Å²) in [5.74, 6) is -0.349. The molecule has 13 nitrogen and oxygen atoms in total. The number of nitrogens with zero attached hydrogens (tertiary/aromatic N) is 1. The number of rotatable bonds is 26. The molecule has 0 aliphatic heterocycles. The molecule has 0 aromatic heterocycles. The second-order valence-electron chi connectivity index (χ2n) is 13.3. The van der Waals surface area contributed by atoms with Crippen LogP contribution in [0.3, 0.4) is 0 Å². The molecule has 0 bridgehead atoms. The van der Waals surface area contributed by atoms with Crippen molar-refractivity contribution in [3.63, 3.8) is 0 Å². The number of hydrogen-bond acceptors (Lipinski definition) is 10. The predicted molar refractivity (Wildman–Crippen MR) is 214 cm³/mol. The van der Waals surface area contributed by atoms with Crippen LogP contribution in [0, 0.1) is 0 Å². The Kier molecular flexibility index (Phi) is 20.7. The monoisotopic (exact) mass is 785 g/mol. The van der Waals surface area contributed by atoms with Gasteiger partial charge < -0.3 is 49.1 Å². The SMILES string of the molecule is CC(O)CC(=O)N(CCNC(=O)OC(COCc1ccccc1)COCc1ccccc1)CCNC(=O)OC(COCc1ccccc1)COCc1ccccc1. The summed E-state index contributed by atoms with van der Waals surface area (Å²) in [5.41, 5.74) is 3.93. The minimum absolute atomic E-state index is 0.0525. The molecule has 4 rings (SSSR count). The van der Waals surface area contributed by atoms with Gasteiger partial charge in [-0.1, -0.05) is 121 Å². The van der Waals surface area contributed by atoms with Crippen LogP contribution in [0.2, 0.25) is 0 Å². The molecule has 57 heavy (non-hydrogen) atoms. The minimum atomic E-state index is -0.879. The summed E-state index contributed by atoms with van der Waals surface area (Å²) >= 11 is 0. The van der Waals surface area contributed by atoms with Gasteiger partial charge in [-0.25, -0.2) is 9.59 Å².